The second kappa shape index (κ2) is 4.19. The van der Waals surface area contributed by atoms with Crippen molar-refractivity contribution in [2.24, 2.45) is 0 Å². The van der Waals surface area contributed by atoms with Gasteiger partial charge in [0.15, 0.2) is 0 Å². The van der Waals surface area contributed by atoms with Gasteiger partial charge in [-0.2, -0.15) is 0 Å². The van der Waals surface area contributed by atoms with Crippen LogP contribution in [0.3, 0.4) is 0 Å². The van der Waals surface area contributed by atoms with Gasteiger partial charge in [-0.3, -0.25) is 0 Å². The van der Waals surface area contributed by atoms with Crippen LogP contribution in [0.15, 0.2) is 60.7 Å². The molecule has 3 aromatic carbocycles. The third kappa shape index (κ3) is 1.74. The van der Waals surface area contributed by atoms with E-state index in [2.05, 4.69) is 43.3 Å². The van der Waals surface area contributed by atoms with Gasteiger partial charge in [-0.25, -0.2) is 0 Å². The van der Waals surface area contributed by atoms with Crippen LogP contribution in [-0.2, 0) is 0 Å². The molecule has 18 heavy (non-hydrogen) atoms. The average molecular weight is 234 g/mol. The zero-order valence-corrected chi connectivity index (χ0v) is 10.2. The maximum absolute atomic E-state index is 9.36. The number of aromatic hydroxyl groups is 1. The Bertz CT molecular complexity index is 696. The minimum Gasteiger partial charge on any atom is -0.508 e. The highest BCUT2D eigenvalue weighted by Crippen LogP contribution is 2.31. The molecule has 1 heteroatoms. The van der Waals surface area contributed by atoms with Crippen molar-refractivity contribution in [3.05, 3.63) is 66.2 Å². The molecule has 0 radical (unpaired) electrons. The number of benzene rings is 3. The Morgan fingerprint density at radius 1 is 0.722 bits per heavy atom. The first-order valence-corrected chi connectivity index (χ1v) is 6.03. The van der Waals surface area contributed by atoms with E-state index >= 15 is 0 Å². The SMILES string of the molecule is Cc1ccc(-c2ccc(O)cc2)c2ccccc12. The lowest BCUT2D eigenvalue weighted by Crippen LogP contribution is -1.84. The summed E-state index contributed by atoms with van der Waals surface area (Å²) in [5.74, 6) is 0.301. The number of aryl methyl sites for hydroxylation is 1. The van der Waals surface area contributed by atoms with Gasteiger partial charge in [-0.05, 0) is 46.5 Å². The van der Waals surface area contributed by atoms with E-state index in [1.165, 1.54) is 21.9 Å². The van der Waals surface area contributed by atoms with Crippen LogP contribution in [0.25, 0.3) is 21.9 Å². The van der Waals surface area contributed by atoms with Crippen LogP contribution in [0.4, 0.5) is 0 Å². The van der Waals surface area contributed by atoms with Gasteiger partial charge in [0.05, 0.1) is 0 Å². The zero-order valence-electron chi connectivity index (χ0n) is 10.2. The largest absolute Gasteiger partial charge is 0.508 e. The molecular formula is C17H14O. The normalized spacial score (nSPS) is 10.7. The Morgan fingerprint density at radius 2 is 1.39 bits per heavy atom. The van der Waals surface area contributed by atoms with E-state index in [1.807, 2.05) is 12.1 Å². The van der Waals surface area contributed by atoms with Gasteiger partial charge >= 0.3 is 0 Å². The summed E-state index contributed by atoms with van der Waals surface area (Å²) in [7, 11) is 0. The van der Waals surface area contributed by atoms with Crippen molar-refractivity contribution in [1.29, 1.82) is 0 Å². The molecule has 3 rings (SSSR count). The number of hydrogen-bond acceptors (Lipinski definition) is 1. The summed E-state index contributed by atoms with van der Waals surface area (Å²) in [6.45, 7) is 2.13. The zero-order chi connectivity index (χ0) is 12.5. The van der Waals surface area contributed by atoms with Crippen LogP contribution < -0.4 is 0 Å². The number of phenols is 1. The molecule has 0 saturated carbocycles. The minimum absolute atomic E-state index is 0.301. The molecule has 0 spiro atoms. The van der Waals surface area contributed by atoms with Gasteiger partial charge in [0, 0.05) is 0 Å². The number of hydrogen-bond donors (Lipinski definition) is 1. The first kappa shape index (κ1) is 10.8. The molecule has 0 atom stereocenters. The predicted molar refractivity (Wildman–Crippen MR) is 75.8 cm³/mol. The molecule has 0 unspecified atom stereocenters. The molecule has 0 aliphatic rings. The van der Waals surface area contributed by atoms with Gasteiger partial charge in [0.25, 0.3) is 0 Å². The lowest BCUT2D eigenvalue weighted by molar-refractivity contribution is 0.475. The lowest BCUT2D eigenvalue weighted by Gasteiger charge is -2.09. The Kier molecular flexibility index (Phi) is 2.52. The molecule has 88 valence electrons. The fourth-order valence-electron chi connectivity index (χ4n) is 2.34. The van der Waals surface area contributed by atoms with Gasteiger partial charge in [0.2, 0.25) is 0 Å². The van der Waals surface area contributed by atoms with Crippen molar-refractivity contribution < 1.29 is 5.11 Å². The van der Waals surface area contributed by atoms with E-state index in [0.29, 0.717) is 5.75 Å². The third-order valence-electron chi connectivity index (χ3n) is 3.32. The third-order valence-corrected chi connectivity index (χ3v) is 3.32. The van der Waals surface area contributed by atoms with Gasteiger partial charge in [-0.15, -0.1) is 0 Å². The number of fused-ring (bicyclic) bond motifs is 1. The van der Waals surface area contributed by atoms with Gasteiger partial charge < -0.3 is 5.11 Å². The first-order chi connectivity index (χ1) is 8.75. The summed E-state index contributed by atoms with van der Waals surface area (Å²) >= 11 is 0. The summed E-state index contributed by atoms with van der Waals surface area (Å²) in [4.78, 5) is 0. The van der Waals surface area contributed by atoms with Gasteiger partial charge in [-0.1, -0.05) is 48.5 Å². The van der Waals surface area contributed by atoms with E-state index in [-0.39, 0.29) is 0 Å². The molecule has 0 bridgehead atoms. The van der Waals surface area contributed by atoms with Crippen LogP contribution in [0.2, 0.25) is 0 Å². The smallest absolute Gasteiger partial charge is 0.115 e. The Hall–Kier alpha value is -2.28. The topological polar surface area (TPSA) is 20.2 Å². The highest BCUT2D eigenvalue weighted by Gasteiger charge is 2.05. The summed E-state index contributed by atoms with van der Waals surface area (Å²) in [5, 5.41) is 11.9. The van der Waals surface area contributed by atoms with Crippen molar-refractivity contribution in [3.63, 3.8) is 0 Å². The van der Waals surface area contributed by atoms with Crippen molar-refractivity contribution in [2.75, 3.05) is 0 Å². The van der Waals surface area contributed by atoms with Crippen LogP contribution in [0, 0.1) is 6.92 Å². The van der Waals surface area contributed by atoms with Gasteiger partial charge in [0.1, 0.15) is 5.75 Å². The summed E-state index contributed by atoms with van der Waals surface area (Å²) in [6.07, 6.45) is 0. The second-order valence-electron chi connectivity index (χ2n) is 4.52. The van der Waals surface area contributed by atoms with Crippen LogP contribution in [-0.4, -0.2) is 5.11 Å². The van der Waals surface area contributed by atoms with Crippen molar-refractivity contribution in [3.8, 4) is 16.9 Å². The maximum atomic E-state index is 9.36. The highest BCUT2D eigenvalue weighted by molar-refractivity contribution is 5.98. The molecule has 0 aliphatic carbocycles. The number of phenolic OH excluding ortho intramolecular Hbond substituents is 1. The van der Waals surface area contributed by atoms with E-state index in [1.54, 1.807) is 12.1 Å². The second-order valence-corrected chi connectivity index (χ2v) is 4.52. The molecule has 1 N–H and O–H groups in total. The van der Waals surface area contributed by atoms with Crippen LogP contribution in [0.5, 0.6) is 5.75 Å². The fourth-order valence-corrected chi connectivity index (χ4v) is 2.34. The molecule has 0 amide bonds. The predicted octanol–water partition coefficient (Wildman–Crippen LogP) is 4.52. The molecule has 0 aliphatic heterocycles. The Morgan fingerprint density at radius 3 is 2.11 bits per heavy atom. The molecular weight excluding hydrogens is 220 g/mol. The van der Waals surface area contributed by atoms with E-state index in [0.717, 1.165) is 5.56 Å². The lowest BCUT2D eigenvalue weighted by atomic mass is 9.95. The van der Waals surface area contributed by atoms with Crippen LogP contribution >= 0.6 is 0 Å². The monoisotopic (exact) mass is 234 g/mol. The minimum atomic E-state index is 0.301. The highest BCUT2D eigenvalue weighted by atomic mass is 16.3. The molecule has 0 saturated heterocycles. The maximum Gasteiger partial charge on any atom is 0.115 e. The number of rotatable bonds is 1. The van der Waals surface area contributed by atoms with Crippen molar-refractivity contribution >= 4 is 10.8 Å². The van der Waals surface area contributed by atoms with Crippen LogP contribution in [0.1, 0.15) is 5.56 Å². The first-order valence-electron chi connectivity index (χ1n) is 6.03. The van der Waals surface area contributed by atoms with E-state index in [9.17, 15) is 5.11 Å². The quantitative estimate of drug-likeness (QED) is 0.656. The molecule has 1 nitrogen and oxygen atoms in total. The fraction of sp³-hybridized carbons (Fsp3) is 0.0588. The summed E-state index contributed by atoms with van der Waals surface area (Å²) < 4.78 is 0. The average Bonchev–Trinajstić information content (AvgIpc) is 2.41. The van der Waals surface area contributed by atoms with E-state index < -0.39 is 0 Å². The molecule has 0 aromatic heterocycles. The van der Waals surface area contributed by atoms with Crippen molar-refractivity contribution in [2.45, 2.75) is 6.92 Å². The molecule has 3 aromatic rings. The Labute approximate surface area is 106 Å². The molecule has 0 heterocycles. The van der Waals surface area contributed by atoms with E-state index in [4.69, 9.17) is 0 Å². The molecule has 0 fully saturated rings. The standard InChI is InChI=1S/C17H14O/c1-12-6-11-16(13-7-9-14(18)10-8-13)17-5-3-2-4-15(12)17/h2-11,18H,1H3. The van der Waals surface area contributed by atoms with Crippen molar-refractivity contribution in [1.82, 2.24) is 0 Å². The summed E-state index contributed by atoms with van der Waals surface area (Å²) in [6, 6.07) is 20.1. The Balaban J connectivity index is 2.30. The summed E-state index contributed by atoms with van der Waals surface area (Å²) in [5.41, 5.74) is 3.62.